The lowest BCUT2D eigenvalue weighted by atomic mass is 10.0. The number of nitrogens with one attached hydrogen (secondary N) is 2. The monoisotopic (exact) mass is 643 g/mol. The number of hydrogen-bond donors (Lipinski definition) is 2. The van der Waals surface area contributed by atoms with Crippen LogP contribution in [0.3, 0.4) is 0 Å². The third-order valence-corrected chi connectivity index (χ3v) is 7.34. The van der Waals surface area contributed by atoms with E-state index in [4.69, 9.17) is 11.6 Å². The Hall–Kier alpha value is -3.94. The van der Waals surface area contributed by atoms with E-state index in [1.165, 1.54) is 41.8 Å². The molecule has 2 heterocycles. The number of halogens is 5. The fourth-order valence-corrected chi connectivity index (χ4v) is 5.08. The second-order valence-electron chi connectivity index (χ2n) is 11.0. The molecule has 0 saturated carbocycles. The maximum absolute atomic E-state index is 13.7. The highest BCUT2D eigenvalue weighted by Crippen LogP contribution is 2.32. The summed E-state index contributed by atoms with van der Waals surface area (Å²) in [6, 6.07) is 1.47. The van der Waals surface area contributed by atoms with Crippen LogP contribution in [0.4, 0.5) is 17.6 Å². The van der Waals surface area contributed by atoms with E-state index in [9.17, 15) is 36.7 Å². The first-order valence-corrected chi connectivity index (χ1v) is 14.2. The van der Waals surface area contributed by atoms with Gasteiger partial charge in [-0.3, -0.25) is 19.2 Å². The van der Waals surface area contributed by atoms with E-state index in [2.05, 4.69) is 20.5 Å². The van der Waals surface area contributed by atoms with E-state index in [-0.39, 0.29) is 23.6 Å². The average molecular weight is 644 g/mol. The fourth-order valence-electron chi connectivity index (χ4n) is 4.83. The summed E-state index contributed by atoms with van der Waals surface area (Å²) in [5.74, 6) is -6.83. The third-order valence-electron chi connectivity index (χ3n) is 7.03. The highest BCUT2D eigenvalue weighted by Gasteiger charge is 2.43. The van der Waals surface area contributed by atoms with Crippen LogP contribution in [0, 0.1) is 24.6 Å². The lowest BCUT2D eigenvalue weighted by Crippen LogP contribution is -2.55. The lowest BCUT2D eigenvalue weighted by molar-refractivity contribution is -0.159. The Balaban J connectivity index is 1.84. The maximum atomic E-state index is 13.7. The number of benzene rings is 1. The van der Waals surface area contributed by atoms with Crippen molar-refractivity contribution in [3.63, 3.8) is 0 Å². The Bertz CT molecular complexity index is 1470. The number of rotatable bonds is 9. The predicted octanol–water partition coefficient (Wildman–Crippen LogP) is 4.83. The van der Waals surface area contributed by atoms with Gasteiger partial charge in [-0.2, -0.15) is 18.3 Å². The smallest absolute Gasteiger partial charge is 0.420 e. The Morgan fingerprint density at radius 2 is 1.80 bits per heavy atom. The van der Waals surface area contributed by atoms with Crippen LogP contribution in [0.1, 0.15) is 63.5 Å². The summed E-state index contributed by atoms with van der Waals surface area (Å²) in [4.78, 5) is 52.9. The lowest BCUT2D eigenvalue weighted by Gasteiger charge is -2.31. The molecule has 10 nitrogen and oxygen atoms in total. The summed E-state index contributed by atoms with van der Waals surface area (Å²) in [6.45, 7) is 8.70. The number of esters is 1. The minimum atomic E-state index is -5.06. The summed E-state index contributed by atoms with van der Waals surface area (Å²) in [5, 5.41) is 9.19. The van der Waals surface area contributed by atoms with Crippen LogP contribution >= 0.6 is 11.6 Å². The minimum Gasteiger partial charge on any atom is -0.420 e. The number of carbonyl (C=O) groups is 4. The first-order valence-electron chi connectivity index (χ1n) is 13.9. The molecule has 2 N–H and O–H groups in total. The van der Waals surface area contributed by atoms with Crippen LogP contribution in [0.15, 0.2) is 35.9 Å². The first-order chi connectivity index (χ1) is 20.4. The molecular weight excluding hydrogens is 610 g/mol. The van der Waals surface area contributed by atoms with Crippen molar-refractivity contribution in [3.05, 3.63) is 57.9 Å². The number of amides is 3. The molecule has 44 heavy (non-hydrogen) atoms. The van der Waals surface area contributed by atoms with Gasteiger partial charge in [-0.1, -0.05) is 39.3 Å². The minimum absolute atomic E-state index is 0.0717. The Kier molecular flexibility index (Phi) is 10.8. The molecule has 1 aromatic carbocycles. The zero-order chi connectivity index (χ0) is 33.1. The standard InChI is InChI=1S/C29H34ClF4N5O5/c1-14(2)23(25(29(32,33)34)44-17(6)40)36-27(42)22-8-7-11-38(22)28(43)24(15(3)4)37-26(41)19-13-35-39(16(19)5)21-10-9-18(31)12-20(21)30/h9-10,12-15,22,24H,7-8,11H2,1-6H3,(H,36,42)(H,37,41)/b25-23+/t22-,24-/m0/s1. The van der Waals surface area contributed by atoms with Crippen molar-refractivity contribution >= 4 is 35.3 Å². The van der Waals surface area contributed by atoms with Crippen molar-refractivity contribution in [2.75, 3.05) is 6.54 Å². The van der Waals surface area contributed by atoms with Gasteiger partial charge in [0.25, 0.3) is 5.91 Å². The number of alkyl halides is 3. The van der Waals surface area contributed by atoms with E-state index in [0.29, 0.717) is 17.8 Å². The fraction of sp³-hybridized carbons (Fsp3) is 0.483. The Morgan fingerprint density at radius 1 is 1.14 bits per heavy atom. The highest BCUT2D eigenvalue weighted by atomic mass is 35.5. The van der Waals surface area contributed by atoms with Crippen LogP contribution < -0.4 is 10.6 Å². The number of hydrogen-bond acceptors (Lipinski definition) is 6. The van der Waals surface area contributed by atoms with Crippen LogP contribution in [0.2, 0.25) is 5.02 Å². The van der Waals surface area contributed by atoms with Crippen molar-refractivity contribution in [1.82, 2.24) is 25.3 Å². The normalized spacial score (nSPS) is 16.6. The Labute approximate surface area is 256 Å². The highest BCUT2D eigenvalue weighted by molar-refractivity contribution is 6.32. The van der Waals surface area contributed by atoms with Crippen molar-refractivity contribution in [3.8, 4) is 5.69 Å². The van der Waals surface area contributed by atoms with Gasteiger partial charge in [-0.15, -0.1) is 0 Å². The largest absolute Gasteiger partial charge is 0.451 e. The zero-order valence-electron chi connectivity index (χ0n) is 25.0. The Morgan fingerprint density at radius 3 is 2.34 bits per heavy atom. The molecule has 2 aromatic rings. The number of ether oxygens (including phenoxy) is 1. The van der Waals surface area contributed by atoms with E-state index < -0.39 is 71.1 Å². The number of likely N-dealkylation sites (tertiary alicyclic amines) is 1. The van der Waals surface area contributed by atoms with Gasteiger partial charge in [0.1, 0.15) is 17.9 Å². The van der Waals surface area contributed by atoms with E-state index in [1.807, 2.05) is 0 Å². The topological polar surface area (TPSA) is 123 Å². The van der Waals surface area contributed by atoms with E-state index in [0.717, 1.165) is 13.0 Å². The van der Waals surface area contributed by atoms with Crippen molar-refractivity contribution in [2.45, 2.75) is 72.6 Å². The summed E-state index contributed by atoms with van der Waals surface area (Å²) in [5.41, 5.74) is 0.186. The number of aromatic nitrogens is 2. The van der Waals surface area contributed by atoms with Crippen LogP contribution in [-0.4, -0.2) is 63.2 Å². The van der Waals surface area contributed by atoms with Crippen molar-refractivity contribution in [1.29, 1.82) is 0 Å². The molecule has 1 aromatic heterocycles. The molecule has 2 atom stereocenters. The molecule has 0 spiro atoms. The summed E-state index contributed by atoms with van der Waals surface area (Å²) in [7, 11) is 0. The van der Waals surface area contributed by atoms with Gasteiger partial charge < -0.3 is 20.3 Å². The third kappa shape index (κ3) is 7.76. The van der Waals surface area contributed by atoms with Gasteiger partial charge in [-0.05, 0) is 49.8 Å². The molecular formula is C29H34ClF4N5O5. The molecule has 0 bridgehead atoms. The molecule has 15 heteroatoms. The summed E-state index contributed by atoms with van der Waals surface area (Å²) < 4.78 is 60.5. The SMILES string of the molecule is CC(=O)O/C(=C(/NC(=O)[C@@H]1CCCN1C(=O)[C@@H](NC(=O)c1cnn(-c2ccc(F)cc2Cl)c1C)C(C)C)C(C)C)C(F)(F)F. The van der Waals surface area contributed by atoms with Crippen molar-refractivity contribution in [2.24, 2.45) is 11.8 Å². The van der Waals surface area contributed by atoms with Gasteiger partial charge in [0.15, 0.2) is 0 Å². The number of carbonyl (C=O) groups excluding carboxylic acids is 4. The molecule has 3 amide bonds. The number of allylic oxidation sites excluding steroid dienone is 2. The number of nitrogens with zero attached hydrogens (tertiary/aromatic N) is 3. The average Bonchev–Trinajstić information content (AvgIpc) is 3.55. The van der Waals surface area contributed by atoms with Crippen LogP contribution in [-0.2, 0) is 19.1 Å². The predicted molar refractivity (Wildman–Crippen MR) is 152 cm³/mol. The zero-order valence-corrected chi connectivity index (χ0v) is 25.8. The van der Waals surface area contributed by atoms with Crippen molar-refractivity contribution < 1.29 is 41.5 Å². The molecule has 1 saturated heterocycles. The van der Waals surface area contributed by atoms with Crippen LogP contribution in [0.5, 0.6) is 0 Å². The van der Waals surface area contributed by atoms with Gasteiger partial charge >= 0.3 is 12.1 Å². The maximum Gasteiger partial charge on any atom is 0.451 e. The summed E-state index contributed by atoms with van der Waals surface area (Å²) >= 11 is 6.15. The molecule has 0 unspecified atom stereocenters. The molecule has 240 valence electrons. The first kappa shape index (κ1) is 34.5. The molecule has 1 aliphatic heterocycles. The molecule has 0 aliphatic carbocycles. The second-order valence-corrected chi connectivity index (χ2v) is 11.4. The molecule has 3 rings (SSSR count). The van der Waals surface area contributed by atoms with E-state index in [1.54, 1.807) is 20.8 Å². The molecule has 1 fully saturated rings. The van der Waals surface area contributed by atoms with E-state index >= 15 is 0 Å². The van der Waals surface area contributed by atoms with Crippen LogP contribution in [0.25, 0.3) is 5.69 Å². The quantitative estimate of drug-likeness (QED) is 0.229. The van der Waals surface area contributed by atoms with Gasteiger partial charge in [-0.25, -0.2) is 9.07 Å². The second kappa shape index (κ2) is 13.8. The van der Waals surface area contributed by atoms with Gasteiger partial charge in [0.2, 0.25) is 17.6 Å². The summed E-state index contributed by atoms with van der Waals surface area (Å²) in [6.07, 6.45) is -3.23. The molecule has 1 aliphatic rings. The molecule has 0 radical (unpaired) electrons. The van der Waals surface area contributed by atoms with Gasteiger partial charge in [0, 0.05) is 13.5 Å². The van der Waals surface area contributed by atoms with Gasteiger partial charge in [0.05, 0.1) is 33.9 Å².